The molecule has 0 radical (unpaired) electrons. The monoisotopic (exact) mass is 315 g/mol. The molecule has 1 saturated heterocycles. The van der Waals surface area contributed by atoms with Crippen molar-refractivity contribution in [1.82, 2.24) is 10.6 Å². The average Bonchev–Trinajstić information content (AvgIpc) is 3.26. The zero-order valence-electron chi connectivity index (χ0n) is 13.7. The molecule has 1 aliphatic carbocycles. The predicted molar refractivity (Wildman–Crippen MR) is 90.6 cm³/mol. The van der Waals surface area contributed by atoms with Crippen LogP contribution in [0.1, 0.15) is 42.5 Å². The van der Waals surface area contributed by atoms with Crippen LogP contribution in [0.15, 0.2) is 24.3 Å². The van der Waals surface area contributed by atoms with E-state index < -0.39 is 0 Å². The van der Waals surface area contributed by atoms with Gasteiger partial charge in [0.05, 0.1) is 5.92 Å². The van der Waals surface area contributed by atoms with Crippen molar-refractivity contribution in [3.05, 3.63) is 29.8 Å². The van der Waals surface area contributed by atoms with Crippen LogP contribution in [0, 0.1) is 5.92 Å². The lowest BCUT2D eigenvalue weighted by atomic mass is 10.0. The highest BCUT2D eigenvalue weighted by molar-refractivity contribution is 5.95. The van der Waals surface area contributed by atoms with E-state index in [1.54, 1.807) is 7.05 Å². The second-order valence-corrected chi connectivity index (χ2v) is 6.48. The number of nitrogens with zero attached hydrogens (tertiary/aromatic N) is 1. The average molecular weight is 315 g/mol. The van der Waals surface area contributed by atoms with Gasteiger partial charge in [-0.1, -0.05) is 12.5 Å². The Morgan fingerprint density at radius 2 is 1.91 bits per heavy atom. The van der Waals surface area contributed by atoms with Gasteiger partial charge in [-0.05, 0) is 43.9 Å². The van der Waals surface area contributed by atoms with Crippen LogP contribution in [0.2, 0.25) is 0 Å². The number of hydrogen-bond acceptors (Lipinski definition) is 3. The minimum absolute atomic E-state index is 0.0265. The maximum atomic E-state index is 12.6. The van der Waals surface area contributed by atoms with E-state index in [1.165, 1.54) is 12.8 Å². The fourth-order valence-corrected chi connectivity index (χ4v) is 3.70. The molecule has 0 bridgehead atoms. The molecule has 23 heavy (non-hydrogen) atoms. The van der Waals surface area contributed by atoms with Gasteiger partial charge in [0.15, 0.2) is 0 Å². The normalized spacial score (nSPS) is 23.8. The van der Waals surface area contributed by atoms with E-state index in [-0.39, 0.29) is 23.8 Å². The van der Waals surface area contributed by atoms with Gasteiger partial charge in [-0.3, -0.25) is 9.59 Å². The van der Waals surface area contributed by atoms with E-state index in [2.05, 4.69) is 21.6 Å². The van der Waals surface area contributed by atoms with Crippen molar-refractivity contribution in [1.29, 1.82) is 0 Å². The molecule has 1 aromatic carbocycles. The summed E-state index contributed by atoms with van der Waals surface area (Å²) in [5.74, 6) is -0.156. The summed E-state index contributed by atoms with van der Waals surface area (Å²) in [6, 6.07) is 7.75. The van der Waals surface area contributed by atoms with Gasteiger partial charge < -0.3 is 15.5 Å². The van der Waals surface area contributed by atoms with Crippen LogP contribution >= 0.6 is 0 Å². The number of hydrogen-bond donors (Lipinski definition) is 2. The smallest absolute Gasteiger partial charge is 0.251 e. The molecule has 5 heteroatoms. The Kier molecular flexibility index (Phi) is 4.84. The molecule has 2 amide bonds. The number of carbonyl (C=O) groups excluding carboxylic acids is 2. The maximum Gasteiger partial charge on any atom is 0.251 e. The minimum Gasteiger partial charge on any atom is -0.372 e. The lowest BCUT2D eigenvalue weighted by Crippen LogP contribution is -2.43. The second-order valence-electron chi connectivity index (χ2n) is 6.48. The van der Waals surface area contributed by atoms with Gasteiger partial charge in [-0.2, -0.15) is 0 Å². The summed E-state index contributed by atoms with van der Waals surface area (Å²) in [5, 5.41) is 5.76. The molecule has 5 nitrogen and oxygen atoms in total. The number of anilines is 1. The van der Waals surface area contributed by atoms with E-state index in [9.17, 15) is 9.59 Å². The molecule has 0 aromatic heterocycles. The summed E-state index contributed by atoms with van der Waals surface area (Å²) in [4.78, 5) is 26.8. The number of carbonyl (C=O) groups is 2. The zero-order chi connectivity index (χ0) is 16.2. The molecule has 2 fully saturated rings. The van der Waals surface area contributed by atoms with Crippen molar-refractivity contribution in [2.45, 2.75) is 38.1 Å². The molecule has 0 unspecified atom stereocenters. The van der Waals surface area contributed by atoms with Crippen LogP contribution in [0.5, 0.6) is 0 Å². The third-order valence-electron chi connectivity index (χ3n) is 5.00. The van der Waals surface area contributed by atoms with Gasteiger partial charge in [0.2, 0.25) is 5.91 Å². The van der Waals surface area contributed by atoms with Crippen LogP contribution in [-0.4, -0.2) is 38.0 Å². The first-order valence-corrected chi connectivity index (χ1v) is 8.56. The van der Waals surface area contributed by atoms with Crippen molar-refractivity contribution in [3.8, 4) is 0 Å². The maximum absolute atomic E-state index is 12.6. The van der Waals surface area contributed by atoms with E-state index in [0.29, 0.717) is 5.56 Å². The third kappa shape index (κ3) is 3.49. The molecular formula is C18H25N3O2. The SMILES string of the molecule is CNC(=O)[C@@H]1CCC[C@@H]1NC(=O)c1cccc(N2CCCC2)c1. The molecule has 2 atom stereocenters. The van der Waals surface area contributed by atoms with Gasteiger partial charge >= 0.3 is 0 Å². The minimum atomic E-state index is -0.106. The first-order valence-electron chi connectivity index (χ1n) is 8.56. The summed E-state index contributed by atoms with van der Waals surface area (Å²) < 4.78 is 0. The van der Waals surface area contributed by atoms with E-state index in [1.807, 2.05) is 18.2 Å². The Bertz CT molecular complexity index is 581. The van der Waals surface area contributed by atoms with Crippen LogP contribution in [0.25, 0.3) is 0 Å². The Hall–Kier alpha value is -2.04. The van der Waals surface area contributed by atoms with Gasteiger partial charge in [0, 0.05) is 37.4 Å². The molecule has 3 rings (SSSR count). The Morgan fingerprint density at radius 3 is 2.65 bits per heavy atom. The molecule has 1 aliphatic heterocycles. The van der Waals surface area contributed by atoms with Gasteiger partial charge in [-0.25, -0.2) is 0 Å². The molecule has 1 heterocycles. The first-order chi connectivity index (χ1) is 11.2. The van der Waals surface area contributed by atoms with Gasteiger partial charge in [-0.15, -0.1) is 0 Å². The number of benzene rings is 1. The largest absolute Gasteiger partial charge is 0.372 e. The van der Waals surface area contributed by atoms with Crippen molar-refractivity contribution in [2.24, 2.45) is 5.92 Å². The van der Waals surface area contributed by atoms with Crippen molar-refractivity contribution < 1.29 is 9.59 Å². The molecule has 124 valence electrons. The fourth-order valence-electron chi connectivity index (χ4n) is 3.70. The van der Waals surface area contributed by atoms with Crippen LogP contribution < -0.4 is 15.5 Å². The molecule has 2 aliphatic rings. The first kappa shape index (κ1) is 15.8. The van der Waals surface area contributed by atoms with Crippen molar-refractivity contribution in [3.63, 3.8) is 0 Å². The van der Waals surface area contributed by atoms with Crippen LogP contribution in [0.3, 0.4) is 0 Å². The highest BCUT2D eigenvalue weighted by Crippen LogP contribution is 2.26. The van der Waals surface area contributed by atoms with Crippen LogP contribution in [0.4, 0.5) is 5.69 Å². The second kappa shape index (κ2) is 7.02. The van der Waals surface area contributed by atoms with Gasteiger partial charge in [0.1, 0.15) is 0 Å². The summed E-state index contributed by atoms with van der Waals surface area (Å²) >= 11 is 0. The summed E-state index contributed by atoms with van der Waals surface area (Å²) in [6.45, 7) is 2.12. The molecule has 1 aromatic rings. The molecular weight excluding hydrogens is 290 g/mol. The lowest BCUT2D eigenvalue weighted by Gasteiger charge is -2.21. The number of rotatable bonds is 4. The molecule has 0 spiro atoms. The quantitative estimate of drug-likeness (QED) is 0.892. The van der Waals surface area contributed by atoms with Crippen molar-refractivity contribution >= 4 is 17.5 Å². The topological polar surface area (TPSA) is 61.4 Å². The highest BCUT2D eigenvalue weighted by Gasteiger charge is 2.33. The summed E-state index contributed by atoms with van der Waals surface area (Å²) in [5.41, 5.74) is 1.79. The van der Waals surface area contributed by atoms with Crippen molar-refractivity contribution in [2.75, 3.05) is 25.0 Å². The Balaban J connectivity index is 1.68. The third-order valence-corrected chi connectivity index (χ3v) is 5.00. The Morgan fingerprint density at radius 1 is 1.13 bits per heavy atom. The zero-order valence-corrected chi connectivity index (χ0v) is 13.7. The predicted octanol–water partition coefficient (Wildman–Crippen LogP) is 1.93. The number of nitrogens with one attached hydrogen (secondary N) is 2. The standard InChI is InChI=1S/C18H25N3O2/c1-19-18(23)15-8-5-9-16(15)20-17(22)13-6-4-7-14(12-13)21-10-2-3-11-21/h4,6-7,12,15-16H,2-3,5,8-11H2,1H3,(H,19,23)(H,20,22)/t15-,16+/m1/s1. The van der Waals surface area contributed by atoms with Gasteiger partial charge in [0.25, 0.3) is 5.91 Å². The summed E-state index contributed by atoms with van der Waals surface area (Å²) in [7, 11) is 1.65. The molecule has 2 N–H and O–H groups in total. The fraction of sp³-hybridized carbons (Fsp3) is 0.556. The summed E-state index contributed by atoms with van der Waals surface area (Å²) in [6.07, 6.45) is 5.13. The number of amides is 2. The van der Waals surface area contributed by atoms with E-state index in [0.717, 1.165) is 38.0 Å². The highest BCUT2D eigenvalue weighted by atomic mass is 16.2. The van der Waals surface area contributed by atoms with Crippen LogP contribution in [-0.2, 0) is 4.79 Å². The van der Waals surface area contributed by atoms with E-state index in [4.69, 9.17) is 0 Å². The molecule has 1 saturated carbocycles. The Labute approximate surface area is 137 Å². The van der Waals surface area contributed by atoms with E-state index >= 15 is 0 Å². The lowest BCUT2D eigenvalue weighted by molar-refractivity contribution is -0.124.